The number of nitrogens with zero attached hydrogens (tertiary/aromatic N) is 3. The van der Waals surface area contributed by atoms with Gasteiger partial charge in [0.15, 0.2) is 5.76 Å². The summed E-state index contributed by atoms with van der Waals surface area (Å²) in [5.41, 5.74) is 2.14. The van der Waals surface area contributed by atoms with E-state index in [0.29, 0.717) is 19.6 Å². The van der Waals surface area contributed by atoms with Crippen LogP contribution in [0.4, 0.5) is 5.69 Å². The molecule has 0 unspecified atom stereocenters. The van der Waals surface area contributed by atoms with Gasteiger partial charge in [-0.05, 0) is 38.4 Å². The monoisotopic (exact) mass is 446 g/mol. The Hall–Kier alpha value is -2.36. The molecule has 4 rings (SSSR count). The Bertz CT molecular complexity index is 1040. The van der Waals surface area contributed by atoms with Crippen LogP contribution in [0.15, 0.2) is 39.6 Å². The molecule has 0 radical (unpaired) electrons. The molecule has 0 aliphatic carbocycles. The number of hydrogen-bond acceptors (Lipinski definition) is 6. The summed E-state index contributed by atoms with van der Waals surface area (Å²) >= 11 is 0. The molecule has 2 aromatic rings. The number of aryl methyl sites for hydroxylation is 1. The number of para-hydroxylation sites is 1. The van der Waals surface area contributed by atoms with Gasteiger partial charge in [0.25, 0.3) is 5.91 Å². The van der Waals surface area contributed by atoms with Gasteiger partial charge in [0, 0.05) is 57.6 Å². The fourth-order valence-corrected chi connectivity index (χ4v) is 5.86. The Morgan fingerprint density at radius 3 is 2.45 bits per heavy atom. The SMILES string of the molecule is Cc1oc(C(=O)NCc2ccccc2N2CCN(C)CC2)cc1S(=O)(=O)N1CCCC1. The van der Waals surface area contributed by atoms with Crippen molar-refractivity contribution in [3.8, 4) is 0 Å². The van der Waals surface area contributed by atoms with Gasteiger partial charge in [0.05, 0.1) is 0 Å². The molecule has 1 aromatic carbocycles. The van der Waals surface area contributed by atoms with E-state index in [2.05, 4.69) is 28.2 Å². The van der Waals surface area contributed by atoms with E-state index in [1.807, 2.05) is 18.2 Å². The third-order valence-corrected chi connectivity index (χ3v) is 8.06. The van der Waals surface area contributed by atoms with Crippen molar-refractivity contribution in [1.82, 2.24) is 14.5 Å². The van der Waals surface area contributed by atoms with Gasteiger partial charge in [-0.25, -0.2) is 8.42 Å². The molecular formula is C22H30N4O4S. The number of hydrogen-bond donors (Lipinski definition) is 1. The third kappa shape index (κ3) is 4.63. The van der Waals surface area contributed by atoms with Crippen molar-refractivity contribution in [3.63, 3.8) is 0 Å². The van der Waals surface area contributed by atoms with Crippen LogP contribution in [-0.2, 0) is 16.6 Å². The van der Waals surface area contributed by atoms with E-state index in [1.165, 1.54) is 10.4 Å². The van der Waals surface area contributed by atoms with Crippen molar-refractivity contribution in [2.24, 2.45) is 0 Å². The van der Waals surface area contributed by atoms with Crippen LogP contribution in [0.3, 0.4) is 0 Å². The van der Waals surface area contributed by atoms with Gasteiger partial charge in [-0.3, -0.25) is 4.79 Å². The van der Waals surface area contributed by atoms with Crippen LogP contribution < -0.4 is 10.2 Å². The first kappa shape index (κ1) is 21.9. The molecule has 3 heterocycles. The van der Waals surface area contributed by atoms with Crippen molar-refractivity contribution in [2.45, 2.75) is 31.2 Å². The maximum absolute atomic E-state index is 12.8. The Morgan fingerprint density at radius 2 is 1.74 bits per heavy atom. The van der Waals surface area contributed by atoms with Crippen molar-refractivity contribution >= 4 is 21.6 Å². The highest BCUT2D eigenvalue weighted by atomic mass is 32.2. The molecule has 31 heavy (non-hydrogen) atoms. The number of amides is 1. The van der Waals surface area contributed by atoms with Crippen LogP contribution in [0.2, 0.25) is 0 Å². The molecule has 1 aromatic heterocycles. The fourth-order valence-electron chi connectivity index (χ4n) is 4.18. The van der Waals surface area contributed by atoms with E-state index in [1.54, 1.807) is 6.92 Å². The number of furan rings is 1. The topological polar surface area (TPSA) is 86.1 Å². The minimum absolute atomic E-state index is 0.0207. The van der Waals surface area contributed by atoms with Crippen LogP contribution in [0, 0.1) is 6.92 Å². The highest BCUT2D eigenvalue weighted by molar-refractivity contribution is 7.89. The summed E-state index contributed by atoms with van der Waals surface area (Å²) in [6.07, 6.45) is 1.71. The Kier molecular flexibility index (Phi) is 6.36. The first-order valence-corrected chi connectivity index (χ1v) is 12.2. The fraction of sp³-hybridized carbons (Fsp3) is 0.500. The second-order valence-electron chi connectivity index (χ2n) is 8.24. The molecule has 1 amide bonds. The predicted octanol–water partition coefficient (Wildman–Crippen LogP) is 2.05. The smallest absolute Gasteiger partial charge is 0.287 e. The van der Waals surface area contributed by atoms with Crippen molar-refractivity contribution < 1.29 is 17.6 Å². The van der Waals surface area contributed by atoms with E-state index in [9.17, 15) is 13.2 Å². The number of likely N-dealkylation sites (N-methyl/N-ethyl adjacent to an activating group) is 1. The molecule has 0 bridgehead atoms. The van der Waals surface area contributed by atoms with Gasteiger partial charge in [0.1, 0.15) is 10.7 Å². The first-order chi connectivity index (χ1) is 14.9. The lowest BCUT2D eigenvalue weighted by Crippen LogP contribution is -2.45. The average molecular weight is 447 g/mol. The molecule has 0 atom stereocenters. The van der Waals surface area contributed by atoms with Crippen molar-refractivity contribution in [1.29, 1.82) is 0 Å². The van der Waals surface area contributed by atoms with E-state index in [4.69, 9.17) is 4.42 Å². The number of benzene rings is 1. The van der Waals surface area contributed by atoms with E-state index < -0.39 is 15.9 Å². The van der Waals surface area contributed by atoms with Gasteiger partial charge in [-0.2, -0.15) is 4.31 Å². The van der Waals surface area contributed by atoms with Gasteiger partial charge in [-0.1, -0.05) is 18.2 Å². The van der Waals surface area contributed by atoms with Crippen LogP contribution in [-0.4, -0.2) is 69.8 Å². The summed E-state index contributed by atoms with van der Waals surface area (Å²) < 4.78 is 32.7. The van der Waals surface area contributed by atoms with Gasteiger partial charge in [-0.15, -0.1) is 0 Å². The summed E-state index contributed by atoms with van der Waals surface area (Å²) in [6, 6.07) is 9.39. The maximum atomic E-state index is 12.8. The third-order valence-electron chi connectivity index (χ3n) is 6.05. The van der Waals surface area contributed by atoms with Crippen LogP contribution in [0.1, 0.15) is 34.7 Å². The Labute approximate surface area is 183 Å². The van der Waals surface area contributed by atoms with Crippen LogP contribution in [0.5, 0.6) is 0 Å². The number of carbonyl (C=O) groups is 1. The summed E-state index contributed by atoms with van der Waals surface area (Å²) in [4.78, 5) is 17.4. The number of carbonyl (C=O) groups excluding carboxylic acids is 1. The van der Waals surface area contributed by atoms with Gasteiger partial charge < -0.3 is 19.5 Å². The second kappa shape index (κ2) is 9.02. The standard InChI is InChI=1S/C22H30N4O4S/c1-17-21(31(28,29)26-9-5-6-10-26)15-20(30-17)22(27)23-16-18-7-3-4-8-19(18)25-13-11-24(2)12-14-25/h3-4,7-8,15H,5-6,9-14,16H2,1-2H3,(H,23,27). The van der Waals surface area contributed by atoms with Crippen LogP contribution >= 0.6 is 0 Å². The molecule has 2 saturated heterocycles. The zero-order valence-corrected chi connectivity index (χ0v) is 19.0. The van der Waals surface area contributed by atoms with Crippen LogP contribution in [0.25, 0.3) is 0 Å². The molecule has 0 spiro atoms. The Balaban J connectivity index is 1.46. The summed E-state index contributed by atoms with van der Waals surface area (Å²) in [5.74, 6) is -0.151. The summed E-state index contributed by atoms with van der Waals surface area (Å²) in [6.45, 7) is 6.83. The van der Waals surface area contributed by atoms with E-state index in [0.717, 1.165) is 50.3 Å². The van der Waals surface area contributed by atoms with Crippen molar-refractivity contribution in [2.75, 3.05) is 51.2 Å². The molecule has 1 N–H and O–H groups in total. The Morgan fingerprint density at radius 1 is 1.06 bits per heavy atom. The quantitative estimate of drug-likeness (QED) is 0.731. The lowest BCUT2D eigenvalue weighted by molar-refractivity contribution is 0.0922. The van der Waals surface area contributed by atoms with Gasteiger partial charge >= 0.3 is 0 Å². The lowest BCUT2D eigenvalue weighted by Gasteiger charge is -2.35. The summed E-state index contributed by atoms with van der Waals surface area (Å²) in [7, 11) is -1.51. The predicted molar refractivity (Wildman–Crippen MR) is 119 cm³/mol. The minimum Gasteiger partial charge on any atom is -0.455 e. The number of sulfonamides is 1. The minimum atomic E-state index is -3.63. The lowest BCUT2D eigenvalue weighted by atomic mass is 10.1. The van der Waals surface area contributed by atoms with E-state index in [-0.39, 0.29) is 16.4 Å². The highest BCUT2D eigenvalue weighted by Crippen LogP contribution is 2.27. The first-order valence-electron chi connectivity index (χ1n) is 10.8. The number of rotatable bonds is 6. The zero-order valence-electron chi connectivity index (χ0n) is 18.1. The largest absolute Gasteiger partial charge is 0.455 e. The molecular weight excluding hydrogens is 416 g/mol. The maximum Gasteiger partial charge on any atom is 0.287 e. The van der Waals surface area contributed by atoms with Gasteiger partial charge in [0.2, 0.25) is 10.0 Å². The molecule has 168 valence electrons. The number of anilines is 1. The average Bonchev–Trinajstić information content (AvgIpc) is 3.44. The molecule has 2 aliphatic heterocycles. The molecule has 8 nitrogen and oxygen atoms in total. The highest BCUT2D eigenvalue weighted by Gasteiger charge is 2.31. The van der Waals surface area contributed by atoms with E-state index >= 15 is 0 Å². The van der Waals surface area contributed by atoms with Crippen molar-refractivity contribution in [3.05, 3.63) is 47.4 Å². The molecule has 9 heteroatoms. The zero-order chi connectivity index (χ0) is 22.0. The molecule has 0 saturated carbocycles. The number of piperazine rings is 1. The molecule has 2 aliphatic rings. The second-order valence-corrected chi connectivity index (χ2v) is 10.2. The normalized spacial score (nSPS) is 18.5. The molecule has 2 fully saturated rings. The number of nitrogens with one attached hydrogen (secondary N) is 1. The summed E-state index contributed by atoms with van der Waals surface area (Å²) in [5, 5.41) is 2.89.